The van der Waals surface area contributed by atoms with Crippen LogP contribution < -0.4 is 10.1 Å². The molecule has 2 N–H and O–H groups in total. The summed E-state index contributed by atoms with van der Waals surface area (Å²) in [5.41, 5.74) is 0.442. The topological polar surface area (TPSA) is 75.6 Å². The number of hydrogen-bond acceptors (Lipinski definition) is 3. The molecule has 0 aliphatic heterocycles. The number of rotatable bonds is 5. The predicted octanol–water partition coefficient (Wildman–Crippen LogP) is 2.23. The molecule has 1 fully saturated rings. The molecular formula is C16H21NO4. The second-order valence-corrected chi connectivity index (χ2v) is 6.12. The molecule has 2 rings (SSSR count). The number of carboxylic acids is 1. The van der Waals surface area contributed by atoms with Gasteiger partial charge in [-0.3, -0.25) is 9.59 Å². The van der Waals surface area contributed by atoms with Gasteiger partial charge in [0.2, 0.25) is 5.91 Å². The molecule has 5 heteroatoms. The summed E-state index contributed by atoms with van der Waals surface area (Å²) in [5, 5.41) is 12.0. The monoisotopic (exact) mass is 291 g/mol. The number of benzene rings is 1. The standard InChI is InChI=1S/C16H21NO4/c1-9(10-6-5-7-11(8-10)21-4)17-14(18)12-13(15(19)20)16(12,2)3/h5-9,12-13H,1-4H3,(H,17,18)(H,19,20)/t9?,12-,13+/m1/s1. The van der Waals surface area contributed by atoms with Gasteiger partial charge in [-0.2, -0.15) is 0 Å². The molecule has 1 amide bonds. The number of methoxy groups -OCH3 is 1. The number of carbonyl (C=O) groups is 2. The lowest BCUT2D eigenvalue weighted by Crippen LogP contribution is -2.30. The van der Waals surface area contributed by atoms with E-state index in [1.165, 1.54) is 0 Å². The van der Waals surface area contributed by atoms with Crippen molar-refractivity contribution in [3.63, 3.8) is 0 Å². The Kier molecular flexibility index (Phi) is 3.94. The first kappa shape index (κ1) is 15.4. The summed E-state index contributed by atoms with van der Waals surface area (Å²) >= 11 is 0. The van der Waals surface area contributed by atoms with E-state index in [-0.39, 0.29) is 11.9 Å². The smallest absolute Gasteiger partial charge is 0.307 e. The number of hydrogen-bond donors (Lipinski definition) is 2. The van der Waals surface area contributed by atoms with E-state index in [9.17, 15) is 9.59 Å². The molecule has 0 heterocycles. The highest BCUT2D eigenvalue weighted by atomic mass is 16.5. The fourth-order valence-electron chi connectivity index (χ4n) is 2.89. The van der Waals surface area contributed by atoms with Crippen molar-refractivity contribution in [3.8, 4) is 5.75 Å². The molecule has 1 aromatic rings. The van der Waals surface area contributed by atoms with Crippen molar-refractivity contribution in [2.45, 2.75) is 26.8 Å². The zero-order valence-electron chi connectivity index (χ0n) is 12.7. The Morgan fingerprint density at radius 3 is 2.52 bits per heavy atom. The summed E-state index contributed by atoms with van der Waals surface area (Å²) in [5.74, 6) is -1.46. The summed E-state index contributed by atoms with van der Waals surface area (Å²) < 4.78 is 5.16. The van der Waals surface area contributed by atoms with Crippen LogP contribution in [0.4, 0.5) is 0 Å². The highest BCUT2D eigenvalue weighted by Gasteiger charge is 2.65. The zero-order chi connectivity index (χ0) is 15.8. The van der Waals surface area contributed by atoms with E-state index in [4.69, 9.17) is 9.84 Å². The average molecular weight is 291 g/mol. The Morgan fingerprint density at radius 2 is 2.00 bits per heavy atom. The Morgan fingerprint density at radius 1 is 1.33 bits per heavy atom. The molecule has 0 radical (unpaired) electrons. The lowest BCUT2D eigenvalue weighted by Gasteiger charge is -2.15. The fraction of sp³-hybridized carbons (Fsp3) is 0.500. The van der Waals surface area contributed by atoms with Crippen LogP contribution in [0.5, 0.6) is 5.75 Å². The molecule has 1 aliphatic carbocycles. The van der Waals surface area contributed by atoms with Gasteiger partial charge in [0, 0.05) is 0 Å². The van der Waals surface area contributed by atoms with E-state index in [2.05, 4.69) is 5.32 Å². The third-order valence-corrected chi connectivity index (χ3v) is 4.33. The number of nitrogens with one attached hydrogen (secondary N) is 1. The number of carboxylic acid groups (broad SMARTS) is 1. The van der Waals surface area contributed by atoms with Gasteiger partial charge in [-0.05, 0) is 30.0 Å². The maximum absolute atomic E-state index is 12.3. The molecule has 114 valence electrons. The number of aliphatic carboxylic acids is 1. The second-order valence-electron chi connectivity index (χ2n) is 6.12. The zero-order valence-corrected chi connectivity index (χ0v) is 12.7. The van der Waals surface area contributed by atoms with Crippen LogP contribution in [0, 0.1) is 17.3 Å². The predicted molar refractivity (Wildman–Crippen MR) is 77.9 cm³/mol. The van der Waals surface area contributed by atoms with Gasteiger partial charge in [0.1, 0.15) is 5.75 Å². The summed E-state index contributed by atoms with van der Waals surface area (Å²) in [4.78, 5) is 23.4. The minimum Gasteiger partial charge on any atom is -0.497 e. The van der Waals surface area contributed by atoms with Crippen LogP contribution >= 0.6 is 0 Å². The molecule has 5 nitrogen and oxygen atoms in total. The number of amides is 1. The van der Waals surface area contributed by atoms with Gasteiger partial charge in [-0.15, -0.1) is 0 Å². The minimum absolute atomic E-state index is 0.196. The van der Waals surface area contributed by atoms with Crippen molar-refractivity contribution in [1.82, 2.24) is 5.32 Å². The summed E-state index contributed by atoms with van der Waals surface area (Å²) in [7, 11) is 1.59. The Bertz CT molecular complexity index is 567. The summed E-state index contributed by atoms with van der Waals surface area (Å²) in [6, 6.07) is 7.26. The van der Waals surface area contributed by atoms with E-state index in [1.54, 1.807) is 7.11 Å². The van der Waals surface area contributed by atoms with E-state index in [0.29, 0.717) is 0 Å². The van der Waals surface area contributed by atoms with Crippen LogP contribution in [0.1, 0.15) is 32.4 Å². The molecular weight excluding hydrogens is 270 g/mol. The first-order valence-electron chi connectivity index (χ1n) is 6.96. The first-order chi connectivity index (χ1) is 9.78. The van der Waals surface area contributed by atoms with Crippen molar-refractivity contribution in [2.24, 2.45) is 17.3 Å². The van der Waals surface area contributed by atoms with E-state index >= 15 is 0 Å². The lowest BCUT2D eigenvalue weighted by molar-refractivity contribution is -0.140. The second kappa shape index (κ2) is 5.39. The van der Waals surface area contributed by atoms with Crippen LogP contribution in [0.2, 0.25) is 0 Å². The van der Waals surface area contributed by atoms with E-state index < -0.39 is 23.2 Å². The Hall–Kier alpha value is -2.04. The van der Waals surface area contributed by atoms with E-state index in [1.807, 2.05) is 45.0 Å². The molecule has 1 saturated carbocycles. The van der Waals surface area contributed by atoms with Gasteiger partial charge in [-0.25, -0.2) is 0 Å². The molecule has 21 heavy (non-hydrogen) atoms. The minimum atomic E-state index is -0.908. The molecule has 3 atom stereocenters. The SMILES string of the molecule is COc1cccc(C(C)NC(=O)[C@H]2[C@@H](C(=O)O)C2(C)C)c1. The van der Waals surface area contributed by atoms with Gasteiger partial charge in [0.25, 0.3) is 0 Å². The Labute approximate surface area is 124 Å². The maximum atomic E-state index is 12.3. The molecule has 1 aliphatic rings. The van der Waals surface area contributed by atoms with Crippen LogP contribution in [-0.4, -0.2) is 24.1 Å². The highest BCUT2D eigenvalue weighted by Crippen LogP contribution is 2.58. The molecule has 0 aromatic heterocycles. The molecule has 0 saturated heterocycles. The molecule has 0 spiro atoms. The Balaban J connectivity index is 2.05. The van der Waals surface area contributed by atoms with Gasteiger partial charge >= 0.3 is 5.97 Å². The van der Waals surface area contributed by atoms with Crippen molar-refractivity contribution >= 4 is 11.9 Å². The van der Waals surface area contributed by atoms with E-state index in [0.717, 1.165) is 11.3 Å². The highest BCUT2D eigenvalue weighted by molar-refractivity contribution is 5.91. The number of ether oxygens (including phenoxy) is 1. The van der Waals surface area contributed by atoms with Crippen LogP contribution in [0.25, 0.3) is 0 Å². The average Bonchev–Trinajstić information content (AvgIpc) is 3.02. The van der Waals surface area contributed by atoms with Gasteiger partial charge in [0.15, 0.2) is 0 Å². The quantitative estimate of drug-likeness (QED) is 0.872. The molecule has 1 unspecified atom stereocenters. The van der Waals surface area contributed by atoms with Crippen molar-refractivity contribution in [1.29, 1.82) is 0 Å². The van der Waals surface area contributed by atoms with Crippen LogP contribution in [-0.2, 0) is 9.59 Å². The van der Waals surface area contributed by atoms with Crippen molar-refractivity contribution in [2.75, 3.05) is 7.11 Å². The maximum Gasteiger partial charge on any atom is 0.307 e. The third kappa shape index (κ3) is 2.86. The van der Waals surface area contributed by atoms with Gasteiger partial charge in [-0.1, -0.05) is 26.0 Å². The number of carbonyl (C=O) groups excluding carboxylic acids is 1. The fourth-order valence-corrected chi connectivity index (χ4v) is 2.89. The van der Waals surface area contributed by atoms with Gasteiger partial charge in [0.05, 0.1) is 25.0 Å². The van der Waals surface area contributed by atoms with Crippen molar-refractivity contribution in [3.05, 3.63) is 29.8 Å². The van der Waals surface area contributed by atoms with Crippen molar-refractivity contribution < 1.29 is 19.4 Å². The molecule has 0 bridgehead atoms. The van der Waals surface area contributed by atoms with Crippen LogP contribution in [0.15, 0.2) is 24.3 Å². The lowest BCUT2D eigenvalue weighted by atomic mass is 10.1. The third-order valence-electron chi connectivity index (χ3n) is 4.33. The summed E-state index contributed by atoms with van der Waals surface area (Å²) in [6.07, 6.45) is 0. The van der Waals surface area contributed by atoms with Crippen LogP contribution in [0.3, 0.4) is 0 Å². The normalized spacial score (nSPS) is 24.0. The summed E-state index contributed by atoms with van der Waals surface area (Å²) in [6.45, 7) is 5.50. The first-order valence-corrected chi connectivity index (χ1v) is 6.96. The van der Waals surface area contributed by atoms with Gasteiger partial charge < -0.3 is 15.2 Å². The molecule has 1 aromatic carbocycles. The largest absolute Gasteiger partial charge is 0.497 e.